The zero-order chi connectivity index (χ0) is 28.1. The summed E-state index contributed by atoms with van der Waals surface area (Å²) in [5.74, 6) is -3.84. The molecule has 1 saturated carbocycles. The molecule has 2 aliphatic rings. The summed E-state index contributed by atoms with van der Waals surface area (Å²) in [4.78, 5) is 38.7. The highest BCUT2D eigenvalue weighted by Crippen LogP contribution is 2.43. The van der Waals surface area contributed by atoms with E-state index in [9.17, 15) is 19.5 Å². The number of halogens is 2. The Morgan fingerprint density at radius 2 is 1.90 bits per heavy atom. The molecule has 0 bridgehead atoms. The van der Waals surface area contributed by atoms with Gasteiger partial charge in [0.15, 0.2) is 11.6 Å². The number of aromatic nitrogens is 1. The fourth-order valence-corrected chi connectivity index (χ4v) is 5.37. The highest BCUT2D eigenvalue weighted by Gasteiger charge is 2.39. The molecule has 206 valence electrons. The lowest BCUT2D eigenvalue weighted by molar-refractivity contribution is -0.122. The van der Waals surface area contributed by atoms with Crippen LogP contribution in [0, 0.1) is 17.0 Å². The van der Waals surface area contributed by atoms with Gasteiger partial charge in [0.2, 0.25) is 11.3 Å². The van der Waals surface area contributed by atoms with E-state index in [0.29, 0.717) is 32.2 Å². The molecule has 2 unspecified atom stereocenters. The summed E-state index contributed by atoms with van der Waals surface area (Å²) in [6.07, 6.45) is 3.39. The maximum atomic E-state index is 16.1. The number of carboxylic acids is 1. The van der Waals surface area contributed by atoms with Gasteiger partial charge in [-0.15, -0.1) is 0 Å². The van der Waals surface area contributed by atoms with Gasteiger partial charge in [-0.3, -0.25) is 9.59 Å². The average molecular weight is 540 g/mol. The van der Waals surface area contributed by atoms with E-state index in [0.717, 1.165) is 11.8 Å². The Kier molecular flexibility index (Phi) is 6.79. The topological polar surface area (TPSA) is 144 Å². The number of carbonyl (C=O) groups is 2. The number of nitrogen functional groups attached to an aromatic ring is 1. The molecule has 1 aromatic heterocycles. The zero-order valence-corrected chi connectivity index (χ0v) is 21.5. The first kappa shape index (κ1) is 26.6. The lowest BCUT2D eigenvalue weighted by Gasteiger charge is -2.28. The van der Waals surface area contributed by atoms with E-state index >= 15 is 8.78 Å². The van der Waals surface area contributed by atoms with Crippen LogP contribution in [0.1, 0.15) is 48.1 Å². The average Bonchev–Trinajstić information content (AvgIpc) is 3.68. The molecule has 1 aliphatic carbocycles. The van der Waals surface area contributed by atoms with Crippen LogP contribution in [0.5, 0.6) is 0 Å². The van der Waals surface area contributed by atoms with Crippen LogP contribution in [0.15, 0.2) is 41.3 Å². The first-order valence-electron chi connectivity index (χ1n) is 12.9. The van der Waals surface area contributed by atoms with Crippen LogP contribution < -0.4 is 27.1 Å². The highest BCUT2D eigenvalue weighted by atomic mass is 19.1. The summed E-state index contributed by atoms with van der Waals surface area (Å²) >= 11 is 0. The van der Waals surface area contributed by atoms with Crippen molar-refractivity contribution in [3.05, 3.63) is 69.5 Å². The molecule has 11 heteroatoms. The van der Waals surface area contributed by atoms with Crippen molar-refractivity contribution in [3.63, 3.8) is 0 Å². The van der Waals surface area contributed by atoms with Crippen molar-refractivity contribution in [1.29, 1.82) is 0 Å². The van der Waals surface area contributed by atoms with E-state index < -0.39 is 51.1 Å². The fourth-order valence-electron chi connectivity index (χ4n) is 5.37. The number of nitrogens with one attached hydrogen (secondary N) is 1. The Morgan fingerprint density at radius 3 is 2.54 bits per heavy atom. The molecule has 1 aliphatic heterocycles. The molecule has 2 aromatic carbocycles. The minimum Gasteiger partial charge on any atom is -0.477 e. The first-order valence-corrected chi connectivity index (χ1v) is 12.9. The maximum absolute atomic E-state index is 16.1. The van der Waals surface area contributed by atoms with Gasteiger partial charge in [0, 0.05) is 37.3 Å². The normalized spacial score (nSPS) is 19.8. The second kappa shape index (κ2) is 9.96. The Morgan fingerprint density at radius 1 is 1.21 bits per heavy atom. The molecule has 0 radical (unpaired) electrons. The summed E-state index contributed by atoms with van der Waals surface area (Å²) in [7, 11) is 0. The molecular weight excluding hydrogens is 508 g/mol. The van der Waals surface area contributed by atoms with Gasteiger partial charge in [-0.05, 0) is 31.2 Å². The minimum atomic E-state index is -1.48. The number of nitrogens with zero attached hydrogens (tertiary/aromatic N) is 2. The van der Waals surface area contributed by atoms with Crippen LogP contribution >= 0.6 is 0 Å². The number of aromatic carboxylic acids is 1. The van der Waals surface area contributed by atoms with Crippen molar-refractivity contribution in [1.82, 2.24) is 9.88 Å². The molecule has 1 saturated heterocycles. The van der Waals surface area contributed by atoms with E-state index in [1.165, 1.54) is 9.47 Å². The molecule has 3 aromatic rings. The van der Waals surface area contributed by atoms with Gasteiger partial charge in [0.05, 0.1) is 22.6 Å². The summed E-state index contributed by atoms with van der Waals surface area (Å²) in [5.41, 5.74) is 9.85. The molecule has 6 N–H and O–H groups in total. The number of fused-ring (bicyclic) bond motifs is 1. The Labute approximate surface area is 223 Å². The van der Waals surface area contributed by atoms with Crippen LogP contribution in [0.2, 0.25) is 0 Å². The van der Waals surface area contributed by atoms with Crippen molar-refractivity contribution < 1.29 is 23.5 Å². The summed E-state index contributed by atoms with van der Waals surface area (Å²) in [6, 6.07) is 8.49. The minimum absolute atomic E-state index is 0.185. The third kappa shape index (κ3) is 4.94. The van der Waals surface area contributed by atoms with Crippen molar-refractivity contribution >= 4 is 34.2 Å². The molecule has 2 heterocycles. The molecule has 0 spiro atoms. The number of anilines is 2. The molecule has 9 nitrogen and oxygen atoms in total. The van der Waals surface area contributed by atoms with E-state index in [4.69, 9.17) is 11.5 Å². The van der Waals surface area contributed by atoms with Gasteiger partial charge in [-0.2, -0.15) is 0 Å². The summed E-state index contributed by atoms with van der Waals surface area (Å²) in [5, 5.41) is 11.9. The Hall–Kier alpha value is -3.99. The van der Waals surface area contributed by atoms with Crippen LogP contribution in [-0.2, 0) is 11.2 Å². The number of hydrogen-bond donors (Lipinski definition) is 4. The molecule has 2 atom stereocenters. The predicted octanol–water partition coefficient (Wildman–Crippen LogP) is 2.80. The maximum Gasteiger partial charge on any atom is 0.341 e. The zero-order valence-electron chi connectivity index (χ0n) is 21.5. The van der Waals surface area contributed by atoms with Gasteiger partial charge in [0.25, 0.3) is 0 Å². The van der Waals surface area contributed by atoms with Gasteiger partial charge in [0.1, 0.15) is 11.3 Å². The number of nitrogens with two attached hydrogens (primary N) is 2. The molecule has 2 fully saturated rings. The van der Waals surface area contributed by atoms with Crippen LogP contribution in [0.4, 0.5) is 20.2 Å². The van der Waals surface area contributed by atoms with Crippen molar-refractivity contribution in [2.75, 3.05) is 30.3 Å². The third-order valence-electron chi connectivity index (χ3n) is 7.73. The van der Waals surface area contributed by atoms with E-state index in [1.54, 1.807) is 0 Å². The number of amides is 1. The number of rotatable bonds is 8. The standard InChI is InChI=1S/C28H31F2N5O4/c1-28(13-33-26(37)18(31)11-15-5-3-2-4-6-15)9-10-34(14-28)24-20(29)22(32)19-23(21(24)30)35(16-7-8-16)12-17(25(19)36)27(38)39/h2-6,12,16,18H,7-11,13-14,31-32H2,1H3,(H,33,37)(H,38,39). The van der Waals surface area contributed by atoms with Gasteiger partial charge in [-0.1, -0.05) is 37.3 Å². The summed E-state index contributed by atoms with van der Waals surface area (Å²) in [6.45, 7) is 2.68. The summed E-state index contributed by atoms with van der Waals surface area (Å²) < 4.78 is 33.1. The first-order chi connectivity index (χ1) is 18.5. The lowest BCUT2D eigenvalue weighted by atomic mass is 9.89. The van der Waals surface area contributed by atoms with Crippen LogP contribution in [0.3, 0.4) is 0 Å². The Bertz CT molecular complexity index is 1520. The molecular formula is C28H31F2N5O4. The Balaban J connectivity index is 1.40. The van der Waals surface area contributed by atoms with Crippen LogP contribution in [-0.4, -0.2) is 47.2 Å². The second-order valence-corrected chi connectivity index (χ2v) is 10.9. The number of pyridine rings is 1. The van der Waals surface area contributed by atoms with Gasteiger partial charge >= 0.3 is 5.97 Å². The van der Waals surface area contributed by atoms with E-state index in [2.05, 4.69) is 5.32 Å². The molecule has 39 heavy (non-hydrogen) atoms. The third-order valence-corrected chi connectivity index (χ3v) is 7.73. The number of carboxylic acid groups (broad SMARTS) is 1. The fraction of sp³-hybridized carbons (Fsp3) is 0.393. The number of carbonyl (C=O) groups excluding carboxylic acids is 1. The number of benzene rings is 2. The second-order valence-electron chi connectivity index (χ2n) is 10.9. The predicted molar refractivity (Wildman–Crippen MR) is 144 cm³/mol. The lowest BCUT2D eigenvalue weighted by Crippen LogP contribution is -2.46. The van der Waals surface area contributed by atoms with Crippen molar-refractivity contribution in [2.24, 2.45) is 11.1 Å². The van der Waals surface area contributed by atoms with Gasteiger partial charge < -0.3 is 31.4 Å². The molecule has 5 rings (SSSR count). The van der Waals surface area contributed by atoms with Gasteiger partial charge in [-0.25, -0.2) is 13.6 Å². The SMILES string of the molecule is CC1(CNC(=O)C(N)Cc2ccccc2)CCN(c2c(F)c(N)c3c(=O)c(C(=O)O)cn(C4CC4)c3c2F)C1. The smallest absolute Gasteiger partial charge is 0.341 e. The number of hydrogen-bond acceptors (Lipinski definition) is 6. The monoisotopic (exact) mass is 539 g/mol. The quantitative estimate of drug-likeness (QED) is 0.322. The van der Waals surface area contributed by atoms with Crippen LogP contribution in [0.25, 0.3) is 10.9 Å². The highest BCUT2D eigenvalue weighted by molar-refractivity contribution is 5.99. The largest absolute Gasteiger partial charge is 0.477 e. The van der Waals surface area contributed by atoms with Crippen molar-refractivity contribution in [2.45, 2.75) is 44.7 Å². The molecule has 1 amide bonds. The van der Waals surface area contributed by atoms with Crippen molar-refractivity contribution in [3.8, 4) is 0 Å². The van der Waals surface area contributed by atoms with E-state index in [-0.39, 0.29) is 36.2 Å². The van der Waals surface area contributed by atoms with E-state index in [1.807, 2.05) is 37.3 Å².